The average molecular weight is 230 g/mol. The van der Waals surface area contributed by atoms with E-state index >= 15 is 0 Å². The molecule has 0 heterocycles. The van der Waals surface area contributed by atoms with E-state index in [4.69, 9.17) is 4.74 Å². The molecule has 0 spiro atoms. The van der Waals surface area contributed by atoms with Gasteiger partial charge in [0.2, 0.25) is 5.91 Å². The highest BCUT2D eigenvalue weighted by molar-refractivity contribution is 5.77. The highest BCUT2D eigenvalue weighted by atomic mass is 16.5. The lowest BCUT2D eigenvalue weighted by Gasteiger charge is -2.13. The molecule has 2 N–H and O–H groups in total. The number of carbonyl (C=O) groups is 1. The first-order valence-electron chi connectivity index (χ1n) is 6.16. The lowest BCUT2D eigenvalue weighted by Crippen LogP contribution is -2.34. The number of hydrogen-bond donors (Lipinski definition) is 2. The van der Waals surface area contributed by atoms with Crippen LogP contribution >= 0.6 is 0 Å². The van der Waals surface area contributed by atoms with Crippen LogP contribution in [0.5, 0.6) is 0 Å². The van der Waals surface area contributed by atoms with E-state index in [1.807, 2.05) is 20.8 Å². The summed E-state index contributed by atoms with van der Waals surface area (Å²) in [6.45, 7) is 11.1. The molecule has 0 aromatic heterocycles. The van der Waals surface area contributed by atoms with Crippen LogP contribution in [-0.2, 0) is 9.53 Å². The van der Waals surface area contributed by atoms with Crippen molar-refractivity contribution in [3.05, 3.63) is 0 Å². The van der Waals surface area contributed by atoms with Crippen molar-refractivity contribution in [1.29, 1.82) is 0 Å². The van der Waals surface area contributed by atoms with E-state index in [1.54, 1.807) is 0 Å². The second-order valence-electron chi connectivity index (χ2n) is 4.31. The topological polar surface area (TPSA) is 50.4 Å². The molecule has 0 saturated heterocycles. The maximum absolute atomic E-state index is 11.2. The average Bonchev–Trinajstić information content (AvgIpc) is 2.25. The van der Waals surface area contributed by atoms with Gasteiger partial charge in [-0.3, -0.25) is 4.79 Å². The number of amides is 1. The molecule has 1 amide bonds. The third-order valence-corrected chi connectivity index (χ3v) is 2.24. The molecule has 96 valence electrons. The van der Waals surface area contributed by atoms with Crippen molar-refractivity contribution in [2.75, 3.05) is 26.3 Å². The normalized spacial score (nSPS) is 12.8. The third-order valence-electron chi connectivity index (χ3n) is 2.24. The summed E-state index contributed by atoms with van der Waals surface area (Å²) in [5.41, 5.74) is 0. The van der Waals surface area contributed by atoms with Gasteiger partial charge >= 0.3 is 0 Å². The minimum absolute atomic E-state index is 0.0739. The van der Waals surface area contributed by atoms with Crippen LogP contribution < -0.4 is 10.6 Å². The Kier molecular flexibility index (Phi) is 9.24. The van der Waals surface area contributed by atoms with Crippen LogP contribution in [0.1, 0.15) is 34.1 Å². The van der Waals surface area contributed by atoms with Crippen molar-refractivity contribution in [3.8, 4) is 0 Å². The quantitative estimate of drug-likeness (QED) is 0.584. The Morgan fingerprint density at radius 1 is 1.25 bits per heavy atom. The molecular weight excluding hydrogens is 204 g/mol. The number of nitrogens with one attached hydrogen (secondary N) is 2. The van der Waals surface area contributed by atoms with Crippen LogP contribution in [0.15, 0.2) is 0 Å². The highest BCUT2D eigenvalue weighted by Gasteiger charge is 2.05. The van der Waals surface area contributed by atoms with Crippen molar-refractivity contribution >= 4 is 5.91 Å². The van der Waals surface area contributed by atoms with Gasteiger partial charge in [0.1, 0.15) is 0 Å². The Hall–Kier alpha value is -0.610. The molecule has 0 rings (SSSR count). The van der Waals surface area contributed by atoms with Gasteiger partial charge in [0.05, 0.1) is 6.61 Å². The fourth-order valence-electron chi connectivity index (χ4n) is 1.21. The Balaban J connectivity index is 3.29. The zero-order chi connectivity index (χ0) is 12.4. The first-order chi connectivity index (χ1) is 7.57. The first-order valence-corrected chi connectivity index (χ1v) is 6.16. The van der Waals surface area contributed by atoms with E-state index < -0.39 is 0 Å². The summed E-state index contributed by atoms with van der Waals surface area (Å²) in [5.74, 6) is 0.201. The summed E-state index contributed by atoms with van der Waals surface area (Å²) in [7, 11) is 0. The Morgan fingerprint density at radius 2 is 1.94 bits per heavy atom. The van der Waals surface area contributed by atoms with Crippen LogP contribution in [0.2, 0.25) is 0 Å². The second kappa shape index (κ2) is 9.60. The minimum Gasteiger partial charge on any atom is -0.380 e. The lowest BCUT2D eigenvalue weighted by atomic mass is 10.2. The fraction of sp³-hybridized carbons (Fsp3) is 0.917. The van der Waals surface area contributed by atoms with Crippen molar-refractivity contribution in [3.63, 3.8) is 0 Å². The SMILES string of the molecule is CCOCC(C)NCCCNC(=O)C(C)C. The molecule has 1 unspecified atom stereocenters. The van der Waals surface area contributed by atoms with Crippen molar-refractivity contribution in [2.45, 2.75) is 40.2 Å². The molecule has 0 radical (unpaired) electrons. The van der Waals surface area contributed by atoms with E-state index in [1.165, 1.54) is 0 Å². The number of ether oxygens (including phenoxy) is 1. The molecular formula is C12H26N2O2. The van der Waals surface area contributed by atoms with E-state index in [9.17, 15) is 4.79 Å². The van der Waals surface area contributed by atoms with Crippen LogP contribution in [0.4, 0.5) is 0 Å². The molecule has 0 fully saturated rings. The van der Waals surface area contributed by atoms with E-state index in [2.05, 4.69) is 17.6 Å². The third kappa shape index (κ3) is 8.68. The molecule has 0 aromatic rings. The maximum atomic E-state index is 11.2. The Bertz CT molecular complexity index is 184. The van der Waals surface area contributed by atoms with E-state index in [-0.39, 0.29) is 11.8 Å². The Labute approximate surface area is 99.1 Å². The summed E-state index contributed by atoms with van der Waals surface area (Å²) < 4.78 is 5.29. The molecule has 0 aliphatic heterocycles. The van der Waals surface area contributed by atoms with Crippen molar-refractivity contribution < 1.29 is 9.53 Å². The second-order valence-corrected chi connectivity index (χ2v) is 4.31. The van der Waals surface area contributed by atoms with Gasteiger partial charge < -0.3 is 15.4 Å². The largest absolute Gasteiger partial charge is 0.380 e. The summed E-state index contributed by atoms with van der Waals surface area (Å²) in [5, 5.41) is 6.23. The van der Waals surface area contributed by atoms with E-state index in [0.717, 1.165) is 32.7 Å². The van der Waals surface area contributed by atoms with Gasteiger partial charge in [0.15, 0.2) is 0 Å². The summed E-state index contributed by atoms with van der Waals surface area (Å²) in [6, 6.07) is 0.376. The van der Waals surface area contributed by atoms with Gasteiger partial charge in [-0.1, -0.05) is 13.8 Å². The van der Waals surface area contributed by atoms with Crippen molar-refractivity contribution in [2.24, 2.45) is 5.92 Å². The first kappa shape index (κ1) is 15.4. The van der Waals surface area contributed by atoms with Gasteiger partial charge in [-0.2, -0.15) is 0 Å². The Morgan fingerprint density at radius 3 is 2.50 bits per heavy atom. The van der Waals surface area contributed by atoms with Gasteiger partial charge in [0, 0.05) is 25.1 Å². The molecule has 4 heteroatoms. The fourth-order valence-corrected chi connectivity index (χ4v) is 1.21. The van der Waals surface area contributed by atoms with Gasteiger partial charge in [-0.15, -0.1) is 0 Å². The summed E-state index contributed by atoms with van der Waals surface area (Å²) in [4.78, 5) is 11.2. The predicted octanol–water partition coefficient (Wildman–Crippen LogP) is 1.16. The summed E-state index contributed by atoms with van der Waals surface area (Å²) >= 11 is 0. The zero-order valence-corrected chi connectivity index (χ0v) is 11.0. The number of carbonyl (C=O) groups excluding carboxylic acids is 1. The van der Waals surface area contributed by atoms with Gasteiger partial charge in [-0.05, 0) is 26.8 Å². The minimum atomic E-state index is 0.0739. The molecule has 1 atom stereocenters. The van der Waals surface area contributed by atoms with Crippen LogP contribution in [0, 0.1) is 5.92 Å². The molecule has 0 saturated carbocycles. The smallest absolute Gasteiger partial charge is 0.222 e. The molecule has 16 heavy (non-hydrogen) atoms. The molecule has 4 nitrogen and oxygen atoms in total. The van der Waals surface area contributed by atoms with Crippen LogP contribution in [-0.4, -0.2) is 38.3 Å². The van der Waals surface area contributed by atoms with Crippen molar-refractivity contribution in [1.82, 2.24) is 10.6 Å². The zero-order valence-electron chi connectivity index (χ0n) is 11.0. The predicted molar refractivity (Wildman–Crippen MR) is 66.4 cm³/mol. The maximum Gasteiger partial charge on any atom is 0.222 e. The van der Waals surface area contributed by atoms with Gasteiger partial charge in [0.25, 0.3) is 0 Å². The highest BCUT2D eigenvalue weighted by Crippen LogP contribution is 1.90. The molecule has 0 bridgehead atoms. The van der Waals surface area contributed by atoms with Crippen LogP contribution in [0.3, 0.4) is 0 Å². The number of rotatable bonds is 9. The van der Waals surface area contributed by atoms with Gasteiger partial charge in [-0.25, -0.2) is 0 Å². The molecule has 0 aromatic carbocycles. The molecule has 0 aliphatic carbocycles. The monoisotopic (exact) mass is 230 g/mol. The molecule has 0 aliphatic rings. The lowest BCUT2D eigenvalue weighted by molar-refractivity contribution is -0.123. The summed E-state index contributed by atoms with van der Waals surface area (Å²) in [6.07, 6.45) is 0.953. The number of hydrogen-bond acceptors (Lipinski definition) is 3. The standard InChI is InChI=1S/C12H26N2O2/c1-5-16-9-11(4)13-7-6-8-14-12(15)10(2)3/h10-11,13H,5-9H2,1-4H3,(H,14,15). The van der Waals surface area contributed by atoms with E-state index in [0.29, 0.717) is 6.04 Å². The van der Waals surface area contributed by atoms with Crippen LogP contribution in [0.25, 0.3) is 0 Å².